The van der Waals surface area contributed by atoms with Crippen molar-refractivity contribution in [1.82, 2.24) is 4.98 Å². The fourth-order valence-corrected chi connectivity index (χ4v) is 1.53. The van der Waals surface area contributed by atoms with Gasteiger partial charge in [-0.2, -0.15) is 0 Å². The molecule has 1 rings (SSSR count). The number of rotatable bonds is 1. The monoisotopic (exact) mass is 223 g/mol. The van der Waals surface area contributed by atoms with Crippen molar-refractivity contribution in [3.8, 4) is 11.5 Å². The maximum Gasteiger partial charge on any atom is 0.129 e. The second-order valence-corrected chi connectivity index (χ2v) is 9.17. The number of aromatic nitrogens is 1. The Bertz CT molecular complexity index is 371. The van der Waals surface area contributed by atoms with E-state index in [4.69, 9.17) is 11.6 Å². The van der Waals surface area contributed by atoms with Crippen molar-refractivity contribution in [2.75, 3.05) is 0 Å². The van der Waals surface area contributed by atoms with Gasteiger partial charge in [0.2, 0.25) is 0 Å². The molecule has 0 atom stereocenters. The average Bonchev–Trinajstić information content (AvgIpc) is 2.14. The molecule has 0 N–H and O–H groups in total. The second kappa shape index (κ2) is 4.63. The lowest BCUT2D eigenvalue weighted by Gasteiger charge is -2.03. The molecule has 0 saturated carbocycles. The van der Waals surface area contributed by atoms with Gasteiger partial charge in [-0.05, 0) is 12.1 Å². The highest BCUT2D eigenvalue weighted by molar-refractivity contribution is 6.83. The molecule has 1 heterocycles. The van der Waals surface area contributed by atoms with Gasteiger partial charge < -0.3 is 0 Å². The minimum atomic E-state index is -1.30. The molecule has 0 radical (unpaired) electrons. The van der Waals surface area contributed by atoms with E-state index in [1.54, 1.807) is 0 Å². The maximum atomic E-state index is 5.69. The Morgan fingerprint density at radius 1 is 1.36 bits per heavy atom. The Balaban J connectivity index is 2.90. The largest absolute Gasteiger partial charge is 0.243 e. The van der Waals surface area contributed by atoms with E-state index in [9.17, 15) is 0 Å². The summed E-state index contributed by atoms with van der Waals surface area (Å²) < 4.78 is 0. The first-order chi connectivity index (χ1) is 6.51. The molecule has 0 aliphatic heterocycles. The van der Waals surface area contributed by atoms with Crippen LogP contribution in [-0.4, -0.2) is 13.1 Å². The van der Waals surface area contributed by atoms with Crippen molar-refractivity contribution in [2.24, 2.45) is 0 Å². The van der Waals surface area contributed by atoms with E-state index in [0.717, 1.165) is 11.4 Å². The molecule has 0 saturated heterocycles. The van der Waals surface area contributed by atoms with Crippen LogP contribution in [0.3, 0.4) is 0 Å². The minimum absolute atomic E-state index is 0.447. The van der Waals surface area contributed by atoms with E-state index < -0.39 is 8.07 Å². The van der Waals surface area contributed by atoms with Crippen LogP contribution < -0.4 is 0 Å². The van der Waals surface area contributed by atoms with Crippen molar-refractivity contribution < 1.29 is 0 Å². The van der Waals surface area contributed by atoms with Crippen LogP contribution in [0, 0.1) is 11.5 Å². The molecular formula is C11H14ClNSi. The van der Waals surface area contributed by atoms with E-state index in [1.165, 1.54) is 0 Å². The Kier molecular flexibility index (Phi) is 3.74. The van der Waals surface area contributed by atoms with Gasteiger partial charge in [0, 0.05) is 0 Å². The van der Waals surface area contributed by atoms with Gasteiger partial charge in [-0.15, -0.1) is 17.1 Å². The summed E-state index contributed by atoms with van der Waals surface area (Å²) in [7, 11) is -1.30. The number of pyridine rings is 1. The average molecular weight is 224 g/mol. The number of alkyl halides is 1. The van der Waals surface area contributed by atoms with Gasteiger partial charge in [-0.1, -0.05) is 31.6 Å². The Hall–Kier alpha value is -0.783. The first kappa shape index (κ1) is 11.3. The zero-order valence-corrected chi connectivity index (χ0v) is 10.5. The summed E-state index contributed by atoms with van der Waals surface area (Å²) >= 11 is 5.69. The maximum absolute atomic E-state index is 5.69. The first-order valence-electron chi connectivity index (χ1n) is 4.56. The van der Waals surface area contributed by atoms with Gasteiger partial charge in [-0.3, -0.25) is 0 Å². The van der Waals surface area contributed by atoms with Crippen molar-refractivity contribution in [1.29, 1.82) is 0 Å². The fraction of sp³-hybridized carbons (Fsp3) is 0.364. The third kappa shape index (κ3) is 3.95. The quantitative estimate of drug-likeness (QED) is 0.405. The second-order valence-electron chi connectivity index (χ2n) is 4.15. The number of nitrogens with zero attached hydrogens (tertiary/aromatic N) is 1. The lowest BCUT2D eigenvalue weighted by atomic mass is 10.3. The van der Waals surface area contributed by atoms with Gasteiger partial charge in [0.05, 0.1) is 11.6 Å². The Morgan fingerprint density at radius 3 is 2.64 bits per heavy atom. The normalized spacial score (nSPS) is 10.6. The molecule has 0 unspecified atom stereocenters. The third-order valence-electron chi connectivity index (χ3n) is 1.51. The molecule has 0 aliphatic rings. The molecule has 1 nitrogen and oxygen atoms in total. The predicted octanol–water partition coefficient (Wildman–Crippen LogP) is 3.05. The minimum Gasteiger partial charge on any atom is -0.243 e. The highest BCUT2D eigenvalue weighted by Crippen LogP contribution is 2.02. The van der Waals surface area contributed by atoms with Gasteiger partial charge >= 0.3 is 0 Å². The molecule has 14 heavy (non-hydrogen) atoms. The zero-order chi connectivity index (χ0) is 10.6. The van der Waals surface area contributed by atoms with Crippen LogP contribution in [0.5, 0.6) is 0 Å². The lowest BCUT2D eigenvalue weighted by molar-refractivity contribution is 1.15. The van der Waals surface area contributed by atoms with Crippen molar-refractivity contribution >= 4 is 19.7 Å². The van der Waals surface area contributed by atoms with E-state index in [2.05, 4.69) is 36.1 Å². The summed E-state index contributed by atoms with van der Waals surface area (Å²) in [6, 6.07) is 5.77. The summed E-state index contributed by atoms with van der Waals surface area (Å²) in [6.07, 6.45) is 0. The molecule has 74 valence electrons. The van der Waals surface area contributed by atoms with Crippen LogP contribution in [-0.2, 0) is 5.88 Å². The summed E-state index contributed by atoms with van der Waals surface area (Å²) in [6.45, 7) is 6.64. The first-order valence-corrected chi connectivity index (χ1v) is 8.60. The summed E-state index contributed by atoms with van der Waals surface area (Å²) in [5, 5.41) is 0. The number of halogens is 1. The van der Waals surface area contributed by atoms with Crippen LogP contribution in [0.25, 0.3) is 0 Å². The lowest BCUT2D eigenvalue weighted by Crippen LogP contribution is -2.16. The number of hydrogen-bond donors (Lipinski definition) is 0. The molecule has 0 aromatic carbocycles. The smallest absolute Gasteiger partial charge is 0.129 e. The van der Waals surface area contributed by atoms with Crippen molar-refractivity contribution in [2.45, 2.75) is 25.5 Å². The third-order valence-corrected chi connectivity index (χ3v) is 2.66. The molecule has 0 aliphatic carbocycles. The van der Waals surface area contributed by atoms with E-state index >= 15 is 0 Å². The topological polar surface area (TPSA) is 12.9 Å². The number of hydrogen-bond acceptors (Lipinski definition) is 1. The van der Waals surface area contributed by atoms with E-state index in [0.29, 0.717) is 5.88 Å². The van der Waals surface area contributed by atoms with Crippen molar-refractivity contribution in [3.05, 3.63) is 29.6 Å². The Labute approximate surface area is 91.5 Å². The van der Waals surface area contributed by atoms with Crippen molar-refractivity contribution in [3.63, 3.8) is 0 Å². The summed E-state index contributed by atoms with van der Waals surface area (Å²) in [5.41, 5.74) is 4.98. The van der Waals surface area contributed by atoms with E-state index in [-0.39, 0.29) is 0 Å². The highest BCUT2D eigenvalue weighted by atomic mass is 35.5. The fourth-order valence-electron chi connectivity index (χ4n) is 0.875. The van der Waals surface area contributed by atoms with Gasteiger partial charge in [-0.25, -0.2) is 4.98 Å². The molecule has 0 spiro atoms. The molecule has 0 bridgehead atoms. The van der Waals surface area contributed by atoms with E-state index in [1.807, 2.05) is 18.2 Å². The highest BCUT2D eigenvalue weighted by Gasteiger charge is 2.07. The van der Waals surface area contributed by atoms with Gasteiger partial charge in [0.1, 0.15) is 13.8 Å². The van der Waals surface area contributed by atoms with Crippen LogP contribution in [0.15, 0.2) is 18.2 Å². The van der Waals surface area contributed by atoms with Crippen LogP contribution in [0.4, 0.5) is 0 Å². The van der Waals surface area contributed by atoms with Gasteiger partial charge in [0.25, 0.3) is 0 Å². The molecule has 1 aromatic rings. The summed E-state index contributed by atoms with van der Waals surface area (Å²) in [5.74, 6) is 3.55. The van der Waals surface area contributed by atoms with Crippen LogP contribution in [0.1, 0.15) is 11.4 Å². The standard InChI is InChI=1S/C11H14ClNSi/c1-14(2,3)8-7-10-5-4-6-11(9-12)13-10/h4-6H,9H2,1-3H3. The molecular weight excluding hydrogens is 210 g/mol. The predicted molar refractivity (Wildman–Crippen MR) is 64.0 cm³/mol. The van der Waals surface area contributed by atoms with Crippen LogP contribution >= 0.6 is 11.6 Å². The molecule has 0 fully saturated rings. The van der Waals surface area contributed by atoms with Gasteiger partial charge in [0.15, 0.2) is 0 Å². The molecule has 0 amide bonds. The summed E-state index contributed by atoms with van der Waals surface area (Å²) in [4.78, 5) is 4.31. The van der Waals surface area contributed by atoms with Crippen LogP contribution in [0.2, 0.25) is 19.6 Å². The molecule has 3 heteroatoms. The Morgan fingerprint density at radius 2 is 2.07 bits per heavy atom. The molecule has 1 aromatic heterocycles. The SMILES string of the molecule is C[Si](C)(C)C#Cc1cccc(CCl)n1. The zero-order valence-electron chi connectivity index (χ0n) is 8.76.